The van der Waals surface area contributed by atoms with Crippen molar-refractivity contribution in [3.05, 3.63) is 83.2 Å². The summed E-state index contributed by atoms with van der Waals surface area (Å²) in [4.78, 5) is 31.1. The molecule has 2 N–H and O–H groups in total. The molecule has 232 valence electrons. The van der Waals surface area contributed by atoms with Gasteiger partial charge >= 0.3 is 0 Å². The summed E-state index contributed by atoms with van der Waals surface area (Å²) in [7, 11) is 0. The molecule has 2 amide bonds. The molecule has 0 fully saturated rings. The first kappa shape index (κ1) is 32.4. The van der Waals surface area contributed by atoms with E-state index < -0.39 is 0 Å². The van der Waals surface area contributed by atoms with Crippen LogP contribution >= 0.6 is 0 Å². The molecule has 43 heavy (non-hydrogen) atoms. The van der Waals surface area contributed by atoms with Gasteiger partial charge in [0.25, 0.3) is 11.8 Å². The fraction of sp³-hybridized carbons (Fsp3) is 0.514. The summed E-state index contributed by atoms with van der Waals surface area (Å²) in [5.41, 5.74) is 5.14. The molecule has 0 bridgehead atoms. The molecule has 0 aromatic heterocycles. The number of carbonyl (C=O) groups excluding carboxylic acids is 2. The van der Waals surface area contributed by atoms with Crippen molar-refractivity contribution in [3.63, 3.8) is 0 Å². The lowest BCUT2D eigenvalue weighted by molar-refractivity contribution is -0.115. The van der Waals surface area contributed by atoms with Gasteiger partial charge in [0.15, 0.2) is 0 Å². The van der Waals surface area contributed by atoms with Gasteiger partial charge < -0.3 is 20.4 Å². The molecular weight excluding hydrogens is 532 g/mol. The smallest absolute Gasteiger partial charge is 0.253 e. The number of benzene rings is 2. The maximum atomic E-state index is 13.3. The van der Waals surface area contributed by atoms with Crippen molar-refractivity contribution in [2.24, 2.45) is 10.8 Å². The minimum atomic E-state index is -0.173. The van der Waals surface area contributed by atoms with Crippen LogP contribution in [0.25, 0.3) is 0 Å². The Morgan fingerprint density at radius 2 is 0.953 bits per heavy atom. The number of nitrogens with zero attached hydrogens (tertiary/aromatic N) is 2. The van der Waals surface area contributed by atoms with Crippen molar-refractivity contribution in [1.29, 1.82) is 0 Å². The molecule has 0 spiro atoms. The lowest BCUT2D eigenvalue weighted by Gasteiger charge is -2.43. The SMILES string of the molecule is CC1(C)CCN(C(C)(C)C)C=C1C(=O)Nc1ccc(Cc2ccc(NC(=O)C3=CN(C(C)(C)C)CCC3(C)C)cc2)cc1. The second-order valence-corrected chi connectivity index (χ2v) is 15.6. The van der Waals surface area contributed by atoms with Gasteiger partial charge in [-0.15, -0.1) is 0 Å². The Balaban J connectivity index is 1.37. The number of rotatable bonds is 6. The largest absolute Gasteiger partial charge is 0.372 e. The second-order valence-electron chi connectivity index (χ2n) is 15.6. The zero-order valence-electron chi connectivity index (χ0n) is 28.0. The minimum Gasteiger partial charge on any atom is -0.372 e. The van der Waals surface area contributed by atoms with Crippen LogP contribution in [-0.4, -0.2) is 45.8 Å². The number of carbonyl (C=O) groups is 2. The summed E-state index contributed by atoms with van der Waals surface area (Å²) in [6.45, 7) is 23.5. The first-order chi connectivity index (χ1) is 19.8. The van der Waals surface area contributed by atoms with E-state index in [0.29, 0.717) is 0 Å². The summed E-state index contributed by atoms with van der Waals surface area (Å²) < 4.78 is 0. The van der Waals surface area contributed by atoms with E-state index in [1.165, 1.54) is 0 Å². The van der Waals surface area contributed by atoms with Crippen LogP contribution in [0.5, 0.6) is 0 Å². The van der Waals surface area contributed by atoms with Crippen LogP contribution in [0.15, 0.2) is 72.1 Å². The van der Waals surface area contributed by atoms with Crippen LogP contribution in [0.3, 0.4) is 0 Å². The maximum absolute atomic E-state index is 13.3. The minimum absolute atomic E-state index is 0.0224. The monoisotopic (exact) mass is 584 g/mol. The van der Waals surface area contributed by atoms with E-state index in [9.17, 15) is 9.59 Å². The van der Waals surface area contributed by atoms with Crippen LogP contribution in [-0.2, 0) is 16.0 Å². The van der Waals surface area contributed by atoms with Gasteiger partial charge in [-0.1, -0.05) is 52.0 Å². The summed E-state index contributed by atoms with van der Waals surface area (Å²) >= 11 is 0. The normalized spacial score (nSPS) is 18.5. The topological polar surface area (TPSA) is 64.7 Å². The van der Waals surface area contributed by atoms with Crippen molar-refractivity contribution in [3.8, 4) is 0 Å². The summed E-state index contributed by atoms with van der Waals surface area (Å²) in [6.07, 6.45) is 6.74. The van der Waals surface area contributed by atoms with Crippen molar-refractivity contribution < 1.29 is 9.59 Å². The van der Waals surface area contributed by atoms with Crippen LogP contribution in [0.1, 0.15) is 93.2 Å². The molecule has 0 atom stereocenters. The van der Waals surface area contributed by atoms with Gasteiger partial charge in [-0.2, -0.15) is 0 Å². The molecule has 2 aliphatic rings. The lowest BCUT2D eigenvalue weighted by Crippen LogP contribution is -2.45. The Labute approximate surface area is 259 Å². The van der Waals surface area contributed by atoms with E-state index in [-0.39, 0.29) is 33.7 Å². The maximum Gasteiger partial charge on any atom is 0.253 e. The third-order valence-corrected chi connectivity index (χ3v) is 9.03. The molecule has 0 aliphatic carbocycles. The second kappa shape index (κ2) is 11.9. The van der Waals surface area contributed by atoms with Crippen LogP contribution in [0.2, 0.25) is 0 Å². The van der Waals surface area contributed by atoms with Crippen molar-refractivity contribution >= 4 is 23.2 Å². The molecule has 6 heteroatoms. The Hall–Kier alpha value is -3.54. The number of nitrogens with one attached hydrogen (secondary N) is 2. The van der Waals surface area contributed by atoms with E-state index in [1.54, 1.807) is 0 Å². The number of anilines is 2. The third kappa shape index (κ3) is 7.90. The third-order valence-electron chi connectivity index (χ3n) is 9.03. The van der Waals surface area contributed by atoms with Gasteiger partial charge in [0.1, 0.15) is 0 Å². The van der Waals surface area contributed by atoms with Crippen molar-refractivity contribution in [2.45, 2.75) is 99.6 Å². The van der Waals surface area contributed by atoms with Crippen molar-refractivity contribution in [1.82, 2.24) is 9.80 Å². The molecule has 0 saturated heterocycles. The van der Waals surface area contributed by atoms with Crippen LogP contribution in [0, 0.1) is 10.8 Å². The van der Waals surface area contributed by atoms with Gasteiger partial charge in [-0.05, 0) is 107 Å². The Kier molecular flexibility index (Phi) is 8.93. The van der Waals surface area contributed by atoms with Gasteiger partial charge in [0.2, 0.25) is 0 Å². The molecular formula is C37H52N4O2. The number of hydrogen-bond donors (Lipinski definition) is 2. The molecule has 2 aliphatic heterocycles. The van der Waals surface area contributed by atoms with Crippen LogP contribution in [0.4, 0.5) is 11.4 Å². The molecule has 0 saturated carbocycles. The van der Waals surface area contributed by atoms with Crippen LogP contribution < -0.4 is 10.6 Å². The highest BCUT2D eigenvalue weighted by atomic mass is 16.2. The summed E-state index contributed by atoms with van der Waals surface area (Å²) in [6, 6.07) is 16.1. The average molecular weight is 585 g/mol. The van der Waals surface area contributed by atoms with E-state index in [4.69, 9.17) is 0 Å². The number of amides is 2. The summed E-state index contributed by atoms with van der Waals surface area (Å²) in [5, 5.41) is 6.24. The zero-order chi connectivity index (χ0) is 31.8. The Morgan fingerprint density at radius 3 is 1.26 bits per heavy atom. The first-order valence-electron chi connectivity index (χ1n) is 15.6. The van der Waals surface area contributed by atoms with E-state index in [0.717, 1.165) is 66.0 Å². The summed E-state index contributed by atoms with van der Waals surface area (Å²) in [5.74, 6) is -0.0781. The average Bonchev–Trinajstić information content (AvgIpc) is 2.89. The Morgan fingerprint density at radius 1 is 0.628 bits per heavy atom. The van der Waals surface area contributed by atoms with E-state index in [2.05, 4.69) is 114 Å². The standard InChI is InChI=1S/C37H52N4O2/c1-34(2,3)40-21-19-36(7,8)30(24-40)32(42)38-28-15-11-26(12-16-28)23-27-13-17-29(18-14-27)39-33(43)31-25-41(35(4,5)6)22-20-37(31,9)10/h11-18,24-25H,19-23H2,1-10H3,(H,38,42)(H,39,43). The van der Waals surface area contributed by atoms with Gasteiger partial charge in [-0.25, -0.2) is 0 Å². The molecule has 2 aromatic rings. The molecule has 0 unspecified atom stereocenters. The van der Waals surface area contributed by atoms with E-state index in [1.807, 2.05) is 36.7 Å². The molecule has 2 heterocycles. The molecule has 0 radical (unpaired) electrons. The molecule has 6 nitrogen and oxygen atoms in total. The number of hydrogen-bond acceptors (Lipinski definition) is 4. The van der Waals surface area contributed by atoms with Gasteiger partial charge in [0.05, 0.1) is 0 Å². The fourth-order valence-corrected chi connectivity index (χ4v) is 5.69. The predicted molar refractivity (Wildman–Crippen MR) is 179 cm³/mol. The van der Waals surface area contributed by atoms with Gasteiger partial charge in [0, 0.05) is 59.1 Å². The molecule has 4 rings (SSSR count). The van der Waals surface area contributed by atoms with Gasteiger partial charge in [-0.3, -0.25) is 9.59 Å². The quantitative estimate of drug-likeness (QED) is 0.361. The van der Waals surface area contributed by atoms with E-state index >= 15 is 0 Å². The highest BCUT2D eigenvalue weighted by Crippen LogP contribution is 2.38. The predicted octanol–water partition coefficient (Wildman–Crippen LogP) is 7.98. The first-order valence-corrected chi connectivity index (χ1v) is 15.6. The lowest BCUT2D eigenvalue weighted by atomic mass is 9.78. The highest BCUT2D eigenvalue weighted by molar-refractivity contribution is 6.05. The highest BCUT2D eigenvalue weighted by Gasteiger charge is 2.37. The molecule has 2 aromatic carbocycles. The van der Waals surface area contributed by atoms with Crippen molar-refractivity contribution in [2.75, 3.05) is 23.7 Å². The zero-order valence-corrected chi connectivity index (χ0v) is 28.0. The Bertz CT molecular complexity index is 1280. The fourth-order valence-electron chi connectivity index (χ4n) is 5.69.